The maximum atomic E-state index is 12.7. The predicted molar refractivity (Wildman–Crippen MR) is 45.6 cm³/mol. The Labute approximate surface area is 74.3 Å². The molecular formula is C9H8FNO2. The molecule has 0 heterocycles. The van der Waals surface area contributed by atoms with E-state index in [1.54, 1.807) is 0 Å². The van der Waals surface area contributed by atoms with E-state index >= 15 is 0 Å². The van der Waals surface area contributed by atoms with Gasteiger partial charge in [-0.05, 0) is 18.2 Å². The third kappa shape index (κ3) is 1.90. The van der Waals surface area contributed by atoms with Gasteiger partial charge in [0.25, 0.3) is 0 Å². The van der Waals surface area contributed by atoms with Crippen molar-refractivity contribution in [2.75, 3.05) is 0 Å². The van der Waals surface area contributed by atoms with Crippen LogP contribution in [0.4, 0.5) is 4.39 Å². The molecule has 1 aromatic rings. The molecule has 0 saturated carbocycles. The molecule has 0 radical (unpaired) electrons. The Bertz CT molecular complexity index is 374. The van der Waals surface area contributed by atoms with Crippen molar-refractivity contribution in [2.24, 2.45) is 0 Å². The Morgan fingerprint density at radius 1 is 1.54 bits per heavy atom. The van der Waals surface area contributed by atoms with Crippen LogP contribution in [0.15, 0.2) is 18.2 Å². The van der Waals surface area contributed by atoms with E-state index in [0.717, 1.165) is 18.2 Å². The number of aromatic hydroxyl groups is 1. The summed E-state index contributed by atoms with van der Waals surface area (Å²) in [6, 6.07) is 3.13. The normalized spacial score (nSPS) is 9.69. The van der Waals surface area contributed by atoms with Crippen molar-refractivity contribution < 1.29 is 14.3 Å². The number of carbonyl (C=O) groups is 1. The van der Waals surface area contributed by atoms with E-state index < -0.39 is 17.3 Å². The van der Waals surface area contributed by atoms with Crippen molar-refractivity contribution >= 4 is 11.5 Å². The highest BCUT2D eigenvalue weighted by Crippen LogP contribution is 2.18. The van der Waals surface area contributed by atoms with Gasteiger partial charge in [-0.15, -0.1) is 0 Å². The van der Waals surface area contributed by atoms with Gasteiger partial charge in [0.05, 0.1) is 0 Å². The highest BCUT2D eigenvalue weighted by molar-refractivity contribution is 6.44. The number of phenols is 1. The van der Waals surface area contributed by atoms with Gasteiger partial charge in [0.15, 0.2) is 5.78 Å². The highest BCUT2D eigenvalue weighted by Gasteiger charge is 2.11. The van der Waals surface area contributed by atoms with Crippen molar-refractivity contribution in [3.8, 4) is 5.75 Å². The molecule has 3 nitrogen and oxygen atoms in total. The molecule has 0 fully saturated rings. The lowest BCUT2D eigenvalue weighted by Crippen LogP contribution is -2.10. The Morgan fingerprint density at radius 3 is 2.69 bits per heavy atom. The fourth-order valence-corrected chi connectivity index (χ4v) is 0.898. The zero-order chi connectivity index (χ0) is 10.0. The number of nitrogens with one attached hydrogen (secondary N) is 1. The lowest BCUT2D eigenvalue weighted by Gasteiger charge is -2.02. The van der Waals surface area contributed by atoms with E-state index in [4.69, 9.17) is 5.41 Å². The molecule has 0 saturated heterocycles. The quantitative estimate of drug-likeness (QED) is 0.679. The predicted octanol–water partition coefficient (Wildman–Crippen LogP) is 1.49. The second-order valence-corrected chi connectivity index (χ2v) is 2.59. The average molecular weight is 181 g/mol. The number of hydrogen-bond acceptors (Lipinski definition) is 3. The van der Waals surface area contributed by atoms with Gasteiger partial charge in [-0.2, -0.15) is 0 Å². The minimum atomic E-state index is -0.584. The molecular weight excluding hydrogens is 173 g/mol. The van der Waals surface area contributed by atoms with E-state index in [1.807, 2.05) is 0 Å². The van der Waals surface area contributed by atoms with Gasteiger partial charge < -0.3 is 5.11 Å². The first-order chi connectivity index (χ1) is 6.02. The highest BCUT2D eigenvalue weighted by atomic mass is 19.1. The number of benzene rings is 1. The SMILES string of the molecule is CC(=O)C(=N)c1cc(F)ccc1O. The lowest BCUT2D eigenvalue weighted by atomic mass is 10.1. The number of carbonyl (C=O) groups excluding carboxylic acids is 1. The van der Waals surface area contributed by atoms with Crippen molar-refractivity contribution in [2.45, 2.75) is 6.92 Å². The molecule has 2 N–H and O–H groups in total. The molecule has 4 heteroatoms. The zero-order valence-electron chi connectivity index (χ0n) is 6.97. The molecule has 0 bridgehead atoms. The van der Waals surface area contributed by atoms with Crippen LogP contribution < -0.4 is 0 Å². The van der Waals surface area contributed by atoms with Crippen LogP contribution in [-0.4, -0.2) is 16.6 Å². The first kappa shape index (κ1) is 9.38. The van der Waals surface area contributed by atoms with Gasteiger partial charge in [-0.25, -0.2) is 4.39 Å². The zero-order valence-corrected chi connectivity index (χ0v) is 6.97. The van der Waals surface area contributed by atoms with E-state index in [1.165, 1.54) is 6.92 Å². The van der Waals surface area contributed by atoms with Crippen LogP contribution in [0.1, 0.15) is 12.5 Å². The molecule has 0 amide bonds. The molecule has 0 atom stereocenters. The Hall–Kier alpha value is -1.71. The molecule has 1 rings (SSSR count). The molecule has 0 aromatic heterocycles. The van der Waals surface area contributed by atoms with Gasteiger partial charge in [-0.1, -0.05) is 0 Å². The monoisotopic (exact) mass is 181 g/mol. The van der Waals surface area contributed by atoms with Gasteiger partial charge >= 0.3 is 0 Å². The van der Waals surface area contributed by atoms with E-state index in [9.17, 15) is 14.3 Å². The number of rotatable bonds is 2. The summed E-state index contributed by atoms with van der Waals surface area (Å²) >= 11 is 0. The topological polar surface area (TPSA) is 61.2 Å². The van der Waals surface area contributed by atoms with Crippen molar-refractivity contribution in [1.82, 2.24) is 0 Å². The summed E-state index contributed by atoms with van der Waals surface area (Å²) < 4.78 is 12.7. The standard InChI is InChI=1S/C9H8FNO2/c1-5(12)9(11)7-4-6(10)2-3-8(7)13/h2-4,11,13H,1H3. The van der Waals surface area contributed by atoms with Crippen molar-refractivity contribution in [1.29, 1.82) is 5.41 Å². The largest absolute Gasteiger partial charge is 0.507 e. The second-order valence-electron chi connectivity index (χ2n) is 2.59. The van der Waals surface area contributed by atoms with Crippen LogP contribution in [0.3, 0.4) is 0 Å². The van der Waals surface area contributed by atoms with Crippen LogP contribution in [0.2, 0.25) is 0 Å². The summed E-state index contributed by atoms with van der Waals surface area (Å²) in [5.74, 6) is -1.36. The maximum absolute atomic E-state index is 12.7. The van der Waals surface area contributed by atoms with Gasteiger partial charge in [0.1, 0.15) is 17.3 Å². The Balaban J connectivity index is 3.21. The molecule has 0 aliphatic rings. The molecule has 0 unspecified atom stereocenters. The van der Waals surface area contributed by atoms with Crippen LogP contribution >= 0.6 is 0 Å². The van der Waals surface area contributed by atoms with Crippen LogP contribution in [0.5, 0.6) is 5.75 Å². The molecule has 0 aliphatic carbocycles. The fraction of sp³-hybridized carbons (Fsp3) is 0.111. The fourth-order valence-electron chi connectivity index (χ4n) is 0.898. The van der Waals surface area contributed by atoms with E-state index in [2.05, 4.69) is 0 Å². The summed E-state index contributed by atoms with van der Waals surface area (Å²) in [6.07, 6.45) is 0. The summed E-state index contributed by atoms with van der Waals surface area (Å²) in [4.78, 5) is 10.7. The van der Waals surface area contributed by atoms with Crippen LogP contribution in [0.25, 0.3) is 0 Å². The molecule has 1 aromatic carbocycles. The lowest BCUT2D eigenvalue weighted by molar-refractivity contribution is -0.111. The molecule has 0 spiro atoms. The molecule has 68 valence electrons. The van der Waals surface area contributed by atoms with Gasteiger partial charge in [0.2, 0.25) is 0 Å². The van der Waals surface area contributed by atoms with E-state index in [-0.39, 0.29) is 11.3 Å². The van der Waals surface area contributed by atoms with Crippen molar-refractivity contribution in [3.05, 3.63) is 29.6 Å². The third-order valence-electron chi connectivity index (χ3n) is 1.58. The van der Waals surface area contributed by atoms with Crippen molar-refractivity contribution in [3.63, 3.8) is 0 Å². The first-order valence-corrected chi connectivity index (χ1v) is 3.60. The number of Topliss-reactive ketones (excluding diaryl/α,β-unsaturated/α-hetero) is 1. The summed E-state index contributed by atoms with van der Waals surface area (Å²) in [5.41, 5.74) is -0.468. The van der Waals surface area contributed by atoms with Gasteiger partial charge in [-0.3, -0.25) is 10.2 Å². The first-order valence-electron chi connectivity index (χ1n) is 3.60. The molecule has 0 aliphatic heterocycles. The second kappa shape index (κ2) is 3.35. The third-order valence-corrected chi connectivity index (χ3v) is 1.58. The Kier molecular flexibility index (Phi) is 2.41. The summed E-state index contributed by atoms with van der Waals surface area (Å²) in [6.45, 7) is 1.19. The number of phenolic OH excluding ortho intramolecular Hbond substituents is 1. The molecule has 13 heavy (non-hydrogen) atoms. The van der Waals surface area contributed by atoms with Gasteiger partial charge in [0, 0.05) is 12.5 Å². The average Bonchev–Trinajstić information content (AvgIpc) is 2.08. The number of hydrogen-bond donors (Lipinski definition) is 2. The maximum Gasteiger partial charge on any atom is 0.178 e. The minimum Gasteiger partial charge on any atom is -0.507 e. The van der Waals surface area contributed by atoms with E-state index in [0.29, 0.717) is 0 Å². The minimum absolute atomic E-state index is 0.0764. The Morgan fingerprint density at radius 2 is 2.15 bits per heavy atom. The van der Waals surface area contributed by atoms with Crippen LogP contribution in [-0.2, 0) is 4.79 Å². The number of halogens is 1. The smallest absolute Gasteiger partial charge is 0.178 e. The number of ketones is 1. The summed E-state index contributed by atoms with van der Waals surface area (Å²) in [5, 5.41) is 16.4. The summed E-state index contributed by atoms with van der Waals surface area (Å²) in [7, 11) is 0. The van der Waals surface area contributed by atoms with Crippen LogP contribution in [0, 0.1) is 11.2 Å².